The minimum atomic E-state index is -1.14. The average molecular weight is 376 g/mol. The maximum atomic E-state index is 13.0. The molecule has 3 heterocycles. The number of ether oxygens (including phenoxy) is 1. The van der Waals surface area contributed by atoms with Crippen molar-refractivity contribution < 1.29 is 19.4 Å². The number of hydrogen-bond donors (Lipinski definition) is 1. The van der Waals surface area contributed by atoms with Crippen LogP contribution in [0.5, 0.6) is 0 Å². The van der Waals surface area contributed by atoms with E-state index in [1.807, 2.05) is 6.92 Å². The number of nitrogens with zero attached hydrogens (tertiary/aromatic N) is 4. The van der Waals surface area contributed by atoms with Crippen LogP contribution in [0, 0.1) is 0 Å². The Kier molecular flexibility index (Phi) is 5.59. The molecule has 1 atom stereocenters. The third kappa shape index (κ3) is 3.59. The molecular weight excluding hydrogens is 352 g/mol. The molecule has 1 aliphatic rings. The lowest BCUT2D eigenvalue weighted by molar-refractivity contribution is -0.133. The zero-order valence-electron chi connectivity index (χ0n) is 15.6. The van der Waals surface area contributed by atoms with Crippen LogP contribution >= 0.6 is 0 Å². The number of carbonyl (C=O) groups is 2. The van der Waals surface area contributed by atoms with Crippen molar-refractivity contribution in [1.82, 2.24) is 19.0 Å². The molecule has 1 amide bonds. The first kappa shape index (κ1) is 19.1. The van der Waals surface area contributed by atoms with Crippen molar-refractivity contribution in [2.45, 2.75) is 39.3 Å². The standard InChI is InChI=1S/C18H24N4O5/c1-3-27-9-8-21-15-14(10-13(11-19-15)17(24)25)22(18(21)26)12(2)16(23)20-6-4-5-7-20/h10-12H,3-9H2,1-2H3,(H,24,25). The largest absolute Gasteiger partial charge is 0.478 e. The van der Waals surface area contributed by atoms with Crippen LogP contribution in [0.15, 0.2) is 17.1 Å². The van der Waals surface area contributed by atoms with Crippen LogP contribution in [0.4, 0.5) is 0 Å². The van der Waals surface area contributed by atoms with Gasteiger partial charge in [0.2, 0.25) is 5.91 Å². The highest BCUT2D eigenvalue weighted by Crippen LogP contribution is 2.20. The summed E-state index contributed by atoms with van der Waals surface area (Å²) in [6.45, 7) is 6.02. The number of imidazole rings is 1. The first-order valence-corrected chi connectivity index (χ1v) is 9.16. The van der Waals surface area contributed by atoms with Gasteiger partial charge in [-0.25, -0.2) is 14.6 Å². The Balaban J connectivity index is 2.09. The number of rotatable bonds is 7. The number of likely N-dealkylation sites (tertiary alicyclic amines) is 1. The Hall–Kier alpha value is -2.68. The SMILES string of the molecule is CCOCCn1c(=O)n(C(C)C(=O)N2CCCC2)c2cc(C(=O)O)cnc21. The number of carboxylic acid groups (broad SMARTS) is 1. The molecule has 0 radical (unpaired) electrons. The second-order valence-corrected chi connectivity index (χ2v) is 6.58. The fourth-order valence-corrected chi connectivity index (χ4v) is 3.46. The van der Waals surface area contributed by atoms with Crippen molar-refractivity contribution in [3.05, 3.63) is 28.3 Å². The van der Waals surface area contributed by atoms with Crippen LogP contribution in [-0.2, 0) is 16.1 Å². The Morgan fingerprint density at radius 1 is 1.33 bits per heavy atom. The molecule has 0 saturated carbocycles. The molecule has 27 heavy (non-hydrogen) atoms. The van der Waals surface area contributed by atoms with E-state index in [1.165, 1.54) is 21.4 Å². The Bertz CT molecular complexity index is 910. The van der Waals surface area contributed by atoms with Gasteiger partial charge in [0.05, 0.1) is 24.2 Å². The third-order valence-electron chi connectivity index (χ3n) is 4.87. The van der Waals surface area contributed by atoms with Gasteiger partial charge in [-0.1, -0.05) is 0 Å². The van der Waals surface area contributed by atoms with Crippen LogP contribution in [0.25, 0.3) is 11.2 Å². The van der Waals surface area contributed by atoms with Gasteiger partial charge in [0.15, 0.2) is 5.65 Å². The summed E-state index contributed by atoms with van der Waals surface area (Å²) in [4.78, 5) is 43.1. The van der Waals surface area contributed by atoms with Gasteiger partial charge in [-0.15, -0.1) is 0 Å². The highest BCUT2D eigenvalue weighted by Gasteiger charge is 2.28. The topological polar surface area (TPSA) is 107 Å². The van der Waals surface area contributed by atoms with Crippen molar-refractivity contribution in [1.29, 1.82) is 0 Å². The summed E-state index contributed by atoms with van der Waals surface area (Å²) in [5.41, 5.74) is 0.279. The monoisotopic (exact) mass is 376 g/mol. The molecule has 0 bridgehead atoms. The number of aromatic nitrogens is 3. The summed E-state index contributed by atoms with van der Waals surface area (Å²) in [6, 6.07) is 0.661. The first-order valence-electron chi connectivity index (χ1n) is 9.16. The average Bonchev–Trinajstić information content (AvgIpc) is 3.27. The lowest BCUT2D eigenvalue weighted by atomic mass is 10.2. The zero-order chi connectivity index (χ0) is 19.6. The van der Waals surface area contributed by atoms with E-state index in [-0.39, 0.29) is 23.7 Å². The molecule has 0 aliphatic carbocycles. The maximum absolute atomic E-state index is 13.0. The fourth-order valence-electron chi connectivity index (χ4n) is 3.46. The molecule has 1 unspecified atom stereocenters. The lowest BCUT2D eigenvalue weighted by Crippen LogP contribution is -2.38. The summed E-state index contributed by atoms with van der Waals surface area (Å²) in [7, 11) is 0. The fraction of sp³-hybridized carbons (Fsp3) is 0.556. The van der Waals surface area contributed by atoms with Crippen LogP contribution in [0.3, 0.4) is 0 Å². The van der Waals surface area contributed by atoms with Crippen molar-refractivity contribution in [3.63, 3.8) is 0 Å². The predicted molar refractivity (Wildman–Crippen MR) is 98.0 cm³/mol. The molecule has 1 aliphatic heterocycles. The third-order valence-corrected chi connectivity index (χ3v) is 4.87. The Labute approximate surface area is 156 Å². The van der Waals surface area contributed by atoms with Crippen LogP contribution < -0.4 is 5.69 Å². The van der Waals surface area contributed by atoms with Crippen LogP contribution in [0.1, 0.15) is 43.1 Å². The van der Waals surface area contributed by atoms with Crippen molar-refractivity contribution in [2.24, 2.45) is 0 Å². The normalized spacial score (nSPS) is 15.4. The molecular formula is C18H24N4O5. The summed E-state index contributed by atoms with van der Waals surface area (Å²) >= 11 is 0. The highest BCUT2D eigenvalue weighted by atomic mass is 16.5. The van der Waals surface area contributed by atoms with Gasteiger partial charge in [-0.3, -0.25) is 13.9 Å². The highest BCUT2D eigenvalue weighted by molar-refractivity contribution is 5.91. The number of aromatic carboxylic acids is 1. The van der Waals surface area contributed by atoms with Gasteiger partial charge in [0.1, 0.15) is 6.04 Å². The van der Waals surface area contributed by atoms with Crippen LogP contribution in [-0.4, -0.2) is 62.3 Å². The summed E-state index contributed by atoms with van der Waals surface area (Å²) in [5, 5.41) is 9.28. The van der Waals surface area contributed by atoms with E-state index >= 15 is 0 Å². The number of carboxylic acids is 1. The van der Waals surface area contributed by atoms with Crippen LogP contribution in [0.2, 0.25) is 0 Å². The maximum Gasteiger partial charge on any atom is 0.337 e. The molecule has 9 nitrogen and oxygen atoms in total. The van der Waals surface area contributed by atoms with Gasteiger partial charge in [-0.05, 0) is 32.8 Å². The number of fused-ring (bicyclic) bond motifs is 1. The van der Waals surface area contributed by atoms with E-state index in [0.29, 0.717) is 37.5 Å². The lowest BCUT2D eigenvalue weighted by Gasteiger charge is -2.21. The molecule has 2 aromatic heterocycles. The molecule has 0 spiro atoms. The Morgan fingerprint density at radius 2 is 2.04 bits per heavy atom. The van der Waals surface area contributed by atoms with Crippen molar-refractivity contribution in [3.8, 4) is 0 Å². The minimum absolute atomic E-state index is 0.0287. The zero-order valence-corrected chi connectivity index (χ0v) is 15.6. The molecule has 1 saturated heterocycles. The first-order chi connectivity index (χ1) is 13.0. The summed E-state index contributed by atoms with van der Waals surface area (Å²) in [6.07, 6.45) is 3.13. The number of amides is 1. The van der Waals surface area contributed by atoms with Gasteiger partial charge in [0, 0.05) is 25.9 Å². The predicted octanol–water partition coefficient (Wildman–Crippen LogP) is 1.12. The summed E-state index contributed by atoms with van der Waals surface area (Å²) < 4.78 is 8.12. The van der Waals surface area contributed by atoms with E-state index in [1.54, 1.807) is 11.8 Å². The summed E-state index contributed by atoms with van der Waals surface area (Å²) in [5.74, 6) is -1.27. The van der Waals surface area contributed by atoms with E-state index in [0.717, 1.165) is 12.8 Å². The van der Waals surface area contributed by atoms with Gasteiger partial charge in [0.25, 0.3) is 0 Å². The molecule has 1 N–H and O–H groups in total. The number of hydrogen-bond acceptors (Lipinski definition) is 5. The van der Waals surface area contributed by atoms with Gasteiger partial charge in [-0.2, -0.15) is 0 Å². The second kappa shape index (κ2) is 7.91. The van der Waals surface area contributed by atoms with Gasteiger partial charge < -0.3 is 14.7 Å². The Morgan fingerprint density at radius 3 is 2.67 bits per heavy atom. The molecule has 0 aromatic carbocycles. The minimum Gasteiger partial charge on any atom is -0.478 e. The van der Waals surface area contributed by atoms with Crippen molar-refractivity contribution in [2.75, 3.05) is 26.3 Å². The molecule has 9 heteroatoms. The van der Waals surface area contributed by atoms with E-state index in [2.05, 4.69) is 4.98 Å². The van der Waals surface area contributed by atoms with Gasteiger partial charge >= 0.3 is 11.7 Å². The smallest absolute Gasteiger partial charge is 0.337 e. The van der Waals surface area contributed by atoms with E-state index < -0.39 is 12.0 Å². The second-order valence-electron chi connectivity index (χ2n) is 6.58. The quantitative estimate of drug-likeness (QED) is 0.726. The molecule has 1 fully saturated rings. The van der Waals surface area contributed by atoms with Crippen molar-refractivity contribution >= 4 is 23.0 Å². The number of carbonyl (C=O) groups excluding carboxylic acids is 1. The molecule has 2 aromatic rings. The number of pyridine rings is 1. The molecule has 3 rings (SSSR count). The van der Waals surface area contributed by atoms with E-state index in [4.69, 9.17) is 4.74 Å². The molecule has 146 valence electrons. The van der Waals surface area contributed by atoms with E-state index in [9.17, 15) is 19.5 Å².